The number of benzene rings is 1. The van der Waals surface area contributed by atoms with Gasteiger partial charge in [-0.25, -0.2) is 9.78 Å². The molecule has 2 rings (SSSR count). The number of hydrogen-bond acceptors (Lipinski definition) is 4. The van der Waals surface area contributed by atoms with Gasteiger partial charge in [-0.1, -0.05) is 24.3 Å². The summed E-state index contributed by atoms with van der Waals surface area (Å²) >= 11 is 0. The third-order valence-corrected chi connectivity index (χ3v) is 2.85. The molecule has 0 spiro atoms. The molecule has 0 fully saturated rings. The Balaban J connectivity index is 2.48. The normalized spacial score (nSPS) is 10.1. The molecule has 0 radical (unpaired) electrons. The summed E-state index contributed by atoms with van der Waals surface area (Å²) in [5.41, 5.74) is 1.89. The molecule has 20 heavy (non-hydrogen) atoms. The summed E-state index contributed by atoms with van der Waals surface area (Å²) in [5.74, 6) is -0.843. The van der Waals surface area contributed by atoms with Crippen molar-refractivity contribution in [2.75, 3.05) is 7.11 Å². The Bertz CT molecular complexity index is 662. The smallest absolute Gasteiger partial charge is 0.335 e. The Hall–Kier alpha value is -2.69. The van der Waals surface area contributed by atoms with Crippen molar-refractivity contribution in [2.45, 2.75) is 6.92 Å². The van der Waals surface area contributed by atoms with Crippen LogP contribution < -0.4 is 4.74 Å². The number of pyridine rings is 1. The van der Waals surface area contributed by atoms with E-state index in [4.69, 9.17) is 9.84 Å². The maximum atomic E-state index is 11.2. The SMILES string of the molecule is COc1cc(C(=O)O)cc(-c2ccc(C(C)=O)cc2)n1. The van der Waals surface area contributed by atoms with Gasteiger partial charge in [-0.15, -0.1) is 0 Å². The predicted molar refractivity (Wildman–Crippen MR) is 73.2 cm³/mol. The van der Waals surface area contributed by atoms with Gasteiger partial charge in [0.2, 0.25) is 5.88 Å². The zero-order valence-corrected chi connectivity index (χ0v) is 11.1. The summed E-state index contributed by atoms with van der Waals surface area (Å²) in [6, 6.07) is 9.64. The molecule has 5 nitrogen and oxygen atoms in total. The minimum atomic E-state index is -1.05. The number of methoxy groups -OCH3 is 1. The van der Waals surface area contributed by atoms with Gasteiger partial charge in [-0.3, -0.25) is 4.79 Å². The summed E-state index contributed by atoms with van der Waals surface area (Å²) in [7, 11) is 1.43. The third-order valence-electron chi connectivity index (χ3n) is 2.85. The number of carboxylic acids is 1. The second-order valence-electron chi connectivity index (χ2n) is 4.22. The maximum Gasteiger partial charge on any atom is 0.335 e. The third kappa shape index (κ3) is 2.83. The average molecular weight is 271 g/mol. The quantitative estimate of drug-likeness (QED) is 0.865. The van der Waals surface area contributed by atoms with Gasteiger partial charge in [0.1, 0.15) is 0 Å². The van der Waals surface area contributed by atoms with Crippen molar-refractivity contribution in [1.82, 2.24) is 4.98 Å². The first kappa shape index (κ1) is 13.7. The van der Waals surface area contributed by atoms with Crippen LogP contribution in [0.3, 0.4) is 0 Å². The summed E-state index contributed by atoms with van der Waals surface area (Å²) in [4.78, 5) is 26.5. The minimum Gasteiger partial charge on any atom is -0.481 e. The fraction of sp³-hybridized carbons (Fsp3) is 0.133. The van der Waals surface area contributed by atoms with E-state index in [1.807, 2.05) is 0 Å². The second-order valence-corrected chi connectivity index (χ2v) is 4.22. The van der Waals surface area contributed by atoms with Crippen LogP contribution in [0, 0.1) is 0 Å². The van der Waals surface area contributed by atoms with Crippen molar-refractivity contribution < 1.29 is 19.4 Å². The highest BCUT2D eigenvalue weighted by atomic mass is 16.5. The molecule has 0 saturated heterocycles. The molecule has 0 aliphatic rings. The molecule has 2 aromatic rings. The Kier molecular flexibility index (Phi) is 3.79. The molecule has 1 aromatic heterocycles. The van der Waals surface area contributed by atoms with E-state index >= 15 is 0 Å². The van der Waals surface area contributed by atoms with Crippen LogP contribution in [0.5, 0.6) is 5.88 Å². The Morgan fingerprint density at radius 2 is 1.75 bits per heavy atom. The number of carboxylic acid groups (broad SMARTS) is 1. The van der Waals surface area contributed by atoms with E-state index in [0.717, 1.165) is 5.56 Å². The summed E-state index contributed by atoms with van der Waals surface area (Å²) in [5, 5.41) is 9.07. The monoisotopic (exact) mass is 271 g/mol. The Labute approximate surface area is 115 Å². The van der Waals surface area contributed by atoms with Crippen molar-refractivity contribution in [3.63, 3.8) is 0 Å². The van der Waals surface area contributed by atoms with Gasteiger partial charge < -0.3 is 9.84 Å². The Morgan fingerprint density at radius 3 is 2.25 bits per heavy atom. The predicted octanol–water partition coefficient (Wildman–Crippen LogP) is 2.66. The molecular weight excluding hydrogens is 258 g/mol. The molecule has 1 N–H and O–H groups in total. The standard InChI is InChI=1S/C15H13NO4/c1-9(17)10-3-5-11(6-4-10)13-7-12(15(18)19)8-14(16-13)20-2/h3-8H,1-2H3,(H,18,19). The van der Waals surface area contributed by atoms with Crippen LogP contribution in [0.4, 0.5) is 0 Å². The minimum absolute atomic E-state index is 0.0265. The van der Waals surface area contributed by atoms with E-state index in [9.17, 15) is 9.59 Å². The van der Waals surface area contributed by atoms with Gasteiger partial charge in [-0.05, 0) is 13.0 Å². The van der Waals surface area contributed by atoms with Crippen LogP contribution in [0.15, 0.2) is 36.4 Å². The number of Topliss-reactive ketones (excluding diaryl/α,β-unsaturated/α-hetero) is 1. The lowest BCUT2D eigenvalue weighted by Crippen LogP contribution is -2.00. The molecule has 0 saturated carbocycles. The van der Waals surface area contributed by atoms with Gasteiger partial charge >= 0.3 is 5.97 Å². The number of nitrogens with zero attached hydrogens (tertiary/aromatic N) is 1. The highest BCUT2D eigenvalue weighted by Crippen LogP contribution is 2.23. The highest BCUT2D eigenvalue weighted by molar-refractivity contribution is 5.94. The topological polar surface area (TPSA) is 76.5 Å². The van der Waals surface area contributed by atoms with Crippen molar-refractivity contribution in [2.24, 2.45) is 0 Å². The van der Waals surface area contributed by atoms with E-state index < -0.39 is 5.97 Å². The number of ether oxygens (including phenoxy) is 1. The number of rotatable bonds is 4. The molecule has 1 aromatic carbocycles. The molecule has 1 heterocycles. The van der Waals surface area contributed by atoms with E-state index in [0.29, 0.717) is 11.3 Å². The lowest BCUT2D eigenvalue weighted by molar-refractivity contribution is 0.0696. The summed E-state index contributed by atoms with van der Waals surface area (Å²) < 4.78 is 5.00. The van der Waals surface area contributed by atoms with E-state index in [-0.39, 0.29) is 17.2 Å². The van der Waals surface area contributed by atoms with Crippen LogP contribution in [-0.2, 0) is 0 Å². The van der Waals surface area contributed by atoms with Crippen LogP contribution in [0.25, 0.3) is 11.3 Å². The fourth-order valence-corrected chi connectivity index (χ4v) is 1.76. The largest absolute Gasteiger partial charge is 0.481 e. The number of ketones is 1. The highest BCUT2D eigenvalue weighted by Gasteiger charge is 2.10. The maximum absolute atomic E-state index is 11.2. The van der Waals surface area contributed by atoms with E-state index in [1.54, 1.807) is 24.3 Å². The molecule has 5 heteroatoms. The number of aromatic nitrogens is 1. The summed E-state index contributed by atoms with van der Waals surface area (Å²) in [6.45, 7) is 1.49. The van der Waals surface area contributed by atoms with Gasteiger partial charge in [-0.2, -0.15) is 0 Å². The van der Waals surface area contributed by atoms with Crippen molar-refractivity contribution in [3.05, 3.63) is 47.5 Å². The zero-order valence-electron chi connectivity index (χ0n) is 11.1. The van der Waals surface area contributed by atoms with Gasteiger partial charge in [0, 0.05) is 17.2 Å². The number of carbonyl (C=O) groups is 2. The van der Waals surface area contributed by atoms with Crippen molar-refractivity contribution >= 4 is 11.8 Å². The van der Waals surface area contributed by atoms with Crippen LogP contribution in [0.1, 0.15) is 27.6 Å². The molecule has 102 valence electrons. The lowest BCUT2D eigenvalue weighted by Gasteiger charge is -2.06. The second kappa shape index (κ2) is 5.52. The van der Waals surface area contributed by atoms with Crippen molar-refractivity contribution in [3.8, 4) is 17.1 Å². The first-order valence-corrected chi connectivity index (χ1v) is 5.92. The zero-order chi connectivity index (χ0) is 14.7. The lowest BCUT2D eigenvalue weighted by atomic mass is 10.1. The average Bonchev–Trinajstić information content (AvgIpc) is 2.46. The molecular formula is C15H13NO4. The number of aromatic carboxylic acids is 1. The first-order chi connectivity index (χ1) is 9.51. The van der Waals surface area contributed by atoms with Gasteiger partial charge in [0.05, 0.1) is 18.4 Å². The van der Waals surface area contributed by atoms with Crippen LogP contribution >= 0.6 is 0 Å². The van der Waals surface area contributed by atoms with Crippen LogP contribution in [0.2, 0.25) is 0 Å². The number of hydrogen-bond donors (Lipinski definition) is 1. The fourth-order valence-electron chi connectivity index (χ4n) is 1.76. The molecule has 0 unspecified atom stereocenters. The van der Waals surface area contributed by atoms with Gasteiger partial charge in [0.15, 0.2) is 5.78 Å². The van der Waals surface area contributed by atoms with Gasteiger partial charge in [0.25, 0.3) is 0 Å². The molecule has 0 amide bonds. The number of carbonyl (C=O) groups excluding carboxylic acids is 1. The Morgan fingerprint density at radius 1 is 1.10 bits per heavy atom. The first-order valence-electron chi connectivity index (χ1n) is 5.92. The van der Waals surface area contributed by atoms with E-state index in [2.05, 4.69) is 4.98 Å². The van der Waals surface area contributed by atoms with Crippen LogP contribution in [-0.4, -0.2) is 29.0 Å². The molecule has 0 atom stereocenters. The molecule has 0 aliphatic heterocycles. The molecule has 0 bridgehead atoms. The van der Waals surface area contributed by atoms with Crippen molar-refractivity contribution in [1.29, 1.82) is 0 Å². The van der Waals surface area contributed by atoms with E-state index in [1.165, 1.54) is 26.2 Å². The summed E-state index contributed by atoms with van der Waals surface area (Å²) in [6.07, 6.45) is 0. The molecule has 0 aliphatic carbocycles.